The molecule has 0 radical (unpaired) electrons. The highest BCUT2D eigenvalue weighted by molar-refractivity contribution is 5.91. The molecule has 154 valence electrons. The Morgan fingerprint density at radius 2 is 1.97 bits per heavy atom. The number of hydrogen-bond donors (Lipinski definition) is 1. The molecule has 1 aliphatic heterocycles. The first-order chi connectivity index (χ1) is 14.6. The minimum atomic E-state index is -0.317. The van der Waals surface area contributed by atoms with Gasteiger partial charge in [-0.2, -0.15) is 5.10 Å². The zero-order chi connectivity index (χ0) is 20.8. The quantitative estimate of drug-likeness (QED) is 0.633. The molecule has 1 fully saturated rings. The minimum Gasteiger partial charge on any atom is -0.381 e. The van der Waals surface area contributed by atoms with Gasteiger partial charge in [-0.3, -0.25) is 4.79 Å². The van der Waals surface area contributed by atoms with Crippen LogP contribution >= 0.6 is 0 Å². The molecule has 0 bridgehead atoms. The van der Waals surface area contributed by atoms with Crippen LogP contribution in [0.2, 0.25) is 0 Å². The lowest BCUT2D eigenvalue weighted by Gasteiger charge is -2.37. The third-order valence-electron chi connectivity index (χ3n) is 5.54. The molecule has 0 saturated carbocycles. The number of carbonyl (C=O) groups is 1. The third-order valence-corrected chi connectivity index (χ3v) is 5.54. The van der Waals surface area contributed by atoms with Crippen LogP contribution in [-0.2, 0) is 14.9 Å². The Bertz CT molecular complexity index is 1020. The molecule has 2 heterocycles. The summed E-state index contributed by atoms with van der Waals surface area (Å²) in [5.74, 6) is -0.454. The Labute approximate surface area is 175 Å². The lowest BCUT2D eigenvalue weighted by molar-refractivity contribution is -0.116. The van der Waals surface area contributed by atoms with E-state index in [1.165, 1.54) is 12.1 Å². The molecule has 4 rings (SSSR count). The molecule has 0 aliphatic carbocycles. The van der Waals surface area contributed by atoms with E-state index >= 15 is 0 Å². The fourth-order valence-corrected chi connectivity index (χ4v) is 3.78. The fraction of sp³-hybridized carbons (Fsp3) is 0.250. The van der Waals surface area contributed by atoms with Crippen molar-refractivity contribution in [1.82, 2.24) is 15.1 Å². The lowest BCUT2D eigenvalue weighted by atomic mass is 9.74. The van der Waals surface area contributed by atoms with Gasteiger partial charge in [0, 0.05) is 43.0 Å². The first-order valence-corrected chi connectivity index (χ1v) is 10.0. The van der Waals surface area contributed by atoms with Gasteiger partial charge in [0.2, 0.25) is 5.91 Å². The largest absolute Gasteiger partial charge is 0.381 e. The minimum absolute atomic E-state index is 0.190. The van der Waals surface area contributed by atoms with E-state index in [1.807, 2.05) is 42.6 Å². The molecule has 30 heavy (non-hydrogen) atoms. The van der Waals surface area contributed by atoms with Crippen molar-refractivity contribution < 1.29 is 13.9 Å². The molecule has 0 spiro atoms. The summed E-state index contributed by atoms with van der Waals surface area (Å²) in [6, 6.07) is 16.4. The van der Waals surface area contributed by atoms with E-state index in [1.54, 1.807) is 29.1 Å². The molecular formula is C24H24FN3O2. The number of rotatable bonds is 6. The number of aromatic nitrogens is 2. The van der Waals surface area contributed by atoms with Gasteiger partial charge in [-0.05, 0) is 48.7 Å². The van der Waals surface area contributed by atoms with E-state index in [9.17, 15) is 9.18 Å². The first-order valence-electron chi connectivity index (χ1n) is 10.0. The summed E-state index contributed by atoms with van der Waals surface area (Å²) in [5, 5.41) is 7.32. The maximum Gasteiger partial charge on any atom is 0.244 e. The van der Waals surface area contributed by atoms with Crippen LogP contribution < -0.4 is 5.32 Å². The monoisotopic (exact) mass is 405 g/mol. The Balaban J connectivity index is 1.41. The third kappa shape index (κ3) is 4.66. The molecule has 3 aromatic rings. The maximum absolute atomic E-state index is 13.8. The van der Waals surface area contributed by atoms with Crippen molar-refractivity contribution >= 4 is 12.0 Å². The Morgan fingerprint density at radius 1 is 1.17 bits per heavy atom. The summed E-state index contributed by atoms with van der Waals surface area (Å²) in [7, 11) is 0. The van der Waals surface area contributed by atoms with E-state index in [2.05, 4.69) is 10.4 Å². The van der Waals surface area contributed by atoms with Crippen molar-refractivity contribution in [1.29, 1.82) is 0 Å². The van der Waals surface area contributed by atoms with Gasteiger partial charge in [-0.15, -0.1) is 0 Å². The Hall–Kier alpha value is -3.25. The Morgan fingerprint density at radius 3 is 2.73 bits per heavy atom. The molecule has 1 amide bonds. The van der Waals surface area contributed by atoms with Gasteiger partial charge in [-0.25, -0.2) is 9.07 Å². The van der Waals surface area contributed by atoms with Crippen LogP contribution in [-0.4, -0.2) is 35.4 Å². The normalized spacial score (nSPS) is 15.9. The molecule has 6 heteroatoms. The van der Waals surface area contributed by atoms with Gasteiger partial charge >= 0.3 is 0 Å². The van der Waals surface area contributed by atoms with Crippen LogP contribution in [0.25, 0.3) is 11.8 Å². The van der Waals surface area contributed by atoms with Gasteiger partial charge in [0.25, 0.3) is 0 Å². The first kappa shape index (κ1) is 20.0. The average molecular weight is 405 g/mol. The summed E-state index contributed by atoms with van der Waals surface area (Å²) < 4.78 is 21.0. The standard InChI is InChI=1S/C24H24FN3O2/c25-21-6-4-5-20(15-21)24(11-13-30-14-12-24)18-26-23(29)10-9-19-16-27-28(17-19)22-7-2-1-3-8-22/h1-10,15-17H,11-14,18H2,(H,26,29)/b10-9+. The highest BCUT2D eigenvalue weighted by Gasteiger charge is 2.35. The number of halogens is 1. The molecule has 1 aliphatic rings. The van der Waals surface area contributed by atoms with Gasteiger partial charge in [0.05, 0.1) is 11.9 Å². The SMILES string of the molecule is O=C(/C=C/c1cnn(-c2ccccc2)c1)NCC1(c2cccc(F)c2)CCOCC1. The van der Waals surface area contributed by atoms with Crippen molar-refractivity contribution in [2.24, 2.45) is 0 Å². The smallest absolute Gasteiger partial charge is 0.244 e. The number of amides is 1. The van der Waals surface area contributed by atoms with Crippen LogP contribution in [0.15, 0.2) is 73.1 Å². The zero-order valence-electron chi connectivity index (χ0n) is 16.6. The van der Waals surface area contributed by atoms with Crippen molar-refractivity contribution in [2.45, 2.75) is 18.3 Å². The molecule has 1 saturated heterocycles. The van der Waals surface area contributed by atoms with E-state index in [4.69, 9.17) is 4.74 Å². The fourth-order valence-electron chi connectivity index (χ4n) is 3.78. The number of nitrogens with one attached hydrogen (secondary N) is 1. The number of carbonyl (C=O) groups excluding carboxylic acids is 1. The lowest BCUT2D eigenvalue weighted by Crippen LogP contribution is -2.44. The summed E-state index contributed by atoms with van der Waals surface area (Å²) in [5.41, 5.74) is 2.37. The second-order valence-corrected chi connectivity index (χ2v) is 7.51. The molecule has 5 nitrogen and oxygen atoms in total. The number of benzene rings is 2. The summed E-state index contributed by atoms with van der Waals surface area (Å²) in [4.78, 5) is 12.4. The van der Waals surface area contributed by atoms with Crippen LogP contribution in [0.3, 0.4) is 0 Å². The number of para-hydroxylation sites is 1. The number of hydrogen-bond acceptors (Lipinski definition) is 3. The maximum atomic E-state index is 13.8. The van der Waals surface area contributed by atoms with Crippen molar-refractivity contribution in [3.05, 3.63) is 90.0 Å². The average Bonchev–Trinajstić information content (AvgIpc) is 3.27. The highest BCUT2D eigenvalue weighted by Crippen LogP contribution is 2.34. The molecule has 0 unspecified atom stereocenters. The molecule has 1 N–H and O–H groups in total. The molecular weight excluding hydrogens is 381 g/mol. The zero-order valence-corrected chi connectivity index (χ0v) is 16.6. The highest BCUT2D eigenvalue weighted by atomic mass is 19.1. The predicted octanol–water partition coefficient (Wildman–Crippen LogP) is 3.89. The summed E-state index contributed by atoms with van der Waals surface area (Å²) in [6.07, 6.45) is 8.30. The molecule has 1 aromatic heterocycles. The second kappa shape index (κ2) is 9.05. The van der Waals surface area contributed by atoms with E-state index in [-0.39, 0.29) is 17.1 Å². The molecule has 2 aromatic carbocycles. The van der Waals surface area contributed by atoms with Gasteiger partial charge < -0.3 is 10.1 Å². The van der Waals surface area contributed by atoms with E-state index in [0.29, 0.717) is 19.8 Å². The summed E-state index contributed by atoms with van der Waals surface area (Å²) >= 11 is 0. The van der Waals surface area contributed by atoms with Gasteiger partial charge in [0.15, 0.2) is 0 Å². The second-order valence-electron chi connectivity index (χ2n) is 7.51. The van der Waals surface area contributed by atoms with Crippen LogP contribution in [0.4, 0.5) is 4.39 Å². The van der Waals surface area contributed by atoms with Crippen molar-refractivity contribution in [3.63, 3.8) is 0 Å². The van der Waals surface area contributed by atoms with E-state index < -0.39 is 0 Å². The van der Waals surface area contributed by atoms with Crippen LogP contribution in [0.1, 0.15) is 24.0 Å². The van der Waals surface area contributed by atoms with E-state index in [0.717, 1.165) is 29.7 Å². The summed E-state index contributed by atoms with van der Waals surface area (Å²) in [6.45, 7) is 1.63. The van der Waals surface area contributed by atoms with Crippen molar-refractivity contribution in [2.75, 3.05) is 19.8 Å². The topological polar surface area (TPSA) is 56.2 Å². The van der Waals surface area contributed by atoms with Gasteiger partial charge in [-0.1, -0.05) is 30.3 Å². The number of ether oxygens (including phenoxy) is 1. The molecule has 0 atom stereocenters. The Kier molecular flexibility index (Phi) is 6.05. The van der Waals surface area contributed by atoms with Gasteiger partial charge in [0.1, 0.15) is 5.82 Å². The van der Waals surface area contributed by atoms with Crippen LogP contribution in [0, 0.1) is 5.82 Å². The number of nitrogens with zero attached hydrogens (tertiary/aromatic N) is 2. The van der Waals surface area contributed by atoms with Crippen molar-refractivity contribution in [3.8, 4) is 5.69 Å². The van der Waals surface area contributed by atoms with Crippen LogP contribution in [0.5, 0.6) is 0 Å². The predicted molar refractivity (Wildman–Crippen MR) is 114 cm³/mol.